The van der Waals surface area contributed by atoms with Gasteiger partial charge in [0, 0.05) is 29.7 Å². The minimum atomic E-state index is 0.966. The lowest BCUT2D eigenvalue weighted by atomic mass is 10.1. The van der Waals surface area contributed by atoms with Crippen molar-refractivity contribution in [1.82, 2.24) is 4.57 Å². The van der Waals surface area contributed by atoms with E-state index >= 15 is 0 Å². The summed E-state index contributed by atoms with van der Waals surface area (Å²) >= 11 is 0. The molecule has 0 fully saturated rings. The molecule has 0 amide bonds. The standard InChI is InChI=1S/C13H19N2/c1-14-9-11(10-15(2,3)4)12-7-5-6-8-13(12)14/h5-9H,10H2,1-4H3/q+1. The molecule has 0 spiro atoms. The Bertz CT molecular complexity index is 475. The summed E-state index contributed by atoms with van der Waals surface area (Å²) in [7, 11) is 8.78. The van der Waals surface area contributed by atoms with Gasteiger partial charge in [0.2, 0.25) is 0 Å². The summed E-state index contributed by atoms with van der Waals surface area (Å²) in [6, 6.07) is 8.59. The molecule has 2 aromatic rings. The minimum absolute atomic E-state index is 0.966. The van der Waals surface area contributed by atoms with Crippen molar-refractivity contribution >= 4 is 10.9 Å². The topological polar surface area (TPSA) is 4.93 Å². The van der Waals surface area contributed by atoms with E-state index in [1.54, 1.807) is 0 Å². The van der Waals surface area contributed by atoms with Crippen LogP contribution in [0.2, 0.25) is 0 Å². The van der Waals surface area contributed by atoms with Gasteiger partial charge in [0.05, 0.1) is 21.1 Å². The number of hydrogen-bond acceptors (Lipinski definition) is 0. The lowest BCUT2D eigenvalue weighted by Gasteiger charge is -2.23. The zero-order chi connectivity index (χ0) is 11.1. The van der Waals surface area contributed by atoms with Gasteiger partial charge in [-0.05, 0) is 6.07 Å². The van der Waals surface area contributed by atoms with Gasteiger partial charge in [0.25, 0.3) is 0 Å². The summed E-state index contributed by atoms with van der Waals surface area (Å²) < 4.78 is 3.17. The zero-order valence-corrected chi connectivity index (χ0v) is 9.99. The Kier molecular flexibility index (Phi) is 2.31. The molecule has 1 aromatic heterocycles. The molecule has 15 heavy (non-hydrogen) atoms. The first-order valence-electron chi connectivity index (χ1n) is 5.31. The minimum Gasteiger partial charge on any atom is -0.350 e. The molecule has 0 saturated carbocycles. The monoisotopic (exact) mass is 203 g/mol. The summed E-state index contributed by atoms with van der Waals surface area (Å²) in [5, 5.41) is 1.38. The Balaban J connectivity index is 2.53. The van der Waals surface area contributed by atoms with Crippen LogP contribution in [0.15, 0.2) is 30.5 Å². The van der Waals surface area contributed by atoms with Crippen molar-refractivity contribution in [2.45, 2.75) is 6.54 Å². The molecule has 0 atom stereocenters. The van der Waals surface area contributed by atoms with Crippen LogP contribution in [0, 0.1) is 0 Å². The fraction of sp³-hybridized carbons (Fsp3) is 0.385. The summed E-state index contributed by atoms with van der Waals surface area (Å²) in [6.07, 6.45) is 2.24. The molecule has 0 N–H and O–H groups in total. The third kappa shape index (κ3) is 2.05. The van der Waals surface area contributed by atoms with Crippen LogP contribution in [0.25, 0.3) is 10.9 Å². The van der Waals surface area contributed by atoms with Gasteiger partial charge >= 0.3 is 0 Å². The third-order valence-electron chi connectivity index (χ3n) is 2.62. The lowest BCUT2D eigenvalue weighted by molar-refractivity contribution is -0.883. The summed E-state index contributed by atoms with van der Waals surface area (Å²) in [4.78, 5) is 0. The number of aromatic nitrogens is 1. The van der Waals surface area contributed by atoms with Crippen LogP contribution in [0.5, 0.6) is 0 Å². The number of fused-ring (bicyclic) bond motifs is 1. The van der Waals surface area contributed by atoms with E-state index in [-0.39, 0.29) is 0 Å². The van der Waals surface area contributed by atoms with E-state index in [1.807, 2.05) is 0 Å². The molecule has 0 unspecified atom stereocenters. The molecule has 0 radical (unpaired) electrons. The molecule has 0 aliphatic carbocycles. The predicted octanol–water partition coefficient (Wildman–Crippen LogP) is 2.38. The normalized spacial score (nSPS) is 12.3. The Morgan fingerprint density at radius 3 is 2.47 bits per heavy atom. The summed E-state index contributed by atoms with van der Waals surface area (Å²) in [6.45, 7) is 1.07. The maximum Gasteiger partial charge on any atom is 0.106 e. The molecule has 2 rings (SSSR count). The van der Waals surface area contributed by atoms with E-state index < -0.39 is 0 Å². The lowest BCUT2D eigenvalue weighted by Crippen LogP contribution is -2.33. The van der Waals surface area contributed by atoms with Crippen molar-refractivity contribution in [3.63, 3.8) is 0 Å². The average Bonchev–Trinajstić information content (AvgIpc) is 2.42. The number of quaternary nitrogens is 1. The van der Waals surface area contributed by atoms with Gasteiger partial charge in [0.1, 0.15) is 6.54 Å². The largest absolute Gasteiger partial charge is 0.350 e. The number of para-hydroxylation sites is 1. The first kappa shape index (κ1) is 10.2. The highest BCUT2D eigenvalue weighted by Gasteiger charge is 2.13. The maximum atomic E-state index is 2.24. The number of nitrogens with zero attached hydrogens (tertiary/aromatic N) is 2. The van der Waals surface area contributed by atoms with Gasteiger partial charge in [0.15, 0.2) is 0 Å². The van der Waals surface area contributed by atoms with Crippen LogP contribution in [-0.2, 0) is 13.6 Å². The van der Waals surface area contributed by atoms with Gasteiger partial charge < -0.3 is 9.05 Å². The van der Waals surface area contributed by atoms with Gasteiger partial charge in [-0.25, -0.2) is 0 Å². The van der Waals surface area contributed by atoms with Crippen LogP contribution in [0.3, 0.4) is 0 Å². The van der Waals surface area contributed by atoms with Crippen molar-refractivity contribution in [1.29, 1.82) is 0 Å². The molecule has 2 heteroatoms. The molecule has 1 heterocycles. The van der Waals surface area contributed by atoms with Gasteiger partial charge in [-0.1, -0.05) is 18.2 Å². The molecule has 0 saturated heterocycles. The Morgan fingerprint density at radius 1 is 1.13 bits per heavy atom. The van der Waals surface area contributed by atoms with Gasteiger partial charge in [-0.3, -0.25) is 0 Å². The van der Waals surface area contributed by atoms with Crippen LogP contribution in [-0.4, -0.2) is 30.2 Å². The van der Waals surface area contributed by atoms with Crippen molar-refractivity contribution in [2.24, 2.45) is 7.05 Å². The van der Waals surface area contributed by atoms with Crippen molar-refractivity contribution in [2.75, 3.05) is 21.1 Å². The quantitative estimate of drug-likeness (QED) is 0.660. The number of aryl methyl sites for hydroxylation is 1. The van der Waals surface area contributed by atoms with Crippen LogP contribution < -0.4 is 0 Å². The number of hydrogen-bond donors (Lipinski definition) is 0. The van der Waals surface area contributed by atoms with E-state index in [0.29, 0.717) is 0 Å². The highest BCUT2D eigenvalue weighted by atomic mass is 15.3. The molecule has 1 aromatic carbocycles. The number of benzene rings is 1. The second kappa shape index (κ2) is 3.38. The fourth-order valence-corrected chi connectivity index (χ4v) is 2.06. The van der Waals surface area contributed by atoms with Crippen LogP contribution in [0.1, 0.15) is 5.56 Å². The van der Waals surface area contributed by atoms with Crippen molar-refractivity contribution in [3.05, 3.63) is 36.0 Å². The first-order chi connectivity index (χ1) is 6.97. The molecule has 0 aliphatic rings. The van der Waals surface area contributed by atoms with E-state index in [1.165, 1.54) is 16.5 Å². The smallest absolute Gasteiger partial charge is 0.106 e. The number of rotatable bonds is 2. The SMILES string of the molecule is Cn1cc(C[N+](C)(C)C)c2ccccc21. The molecule has 80 valence electrons. The molecule has 2 nitrogen and oxygen atoms in total. The van der Waals surface area contributed by atoms with Crippen LogP contribution in [0.4, 0.5) is 0 Å². The fourth-order valence-electron chi connectivity index (χ4n) is 2.06. The Labute approximate surface area is 91.3 Å². The summed E-state index contributed by atoms with van der Waals surface area (Å²) in [5.74, 6) is 0. The maximum absolute atomic E-state index is 2.24. The van der Waals surface area contributed by atoms with Gasteiger partial charge in [-0.2, -0.15) is 0 Å². The highest BCUT2D eigenvalue weighted by molar-refractivity contribution is 5.83. The average molecular weight is 203 g/mol. The third-order valence-corrected chi connectivity index (χ3v) is 2.62. The molecule has 0 aliphatic heterocycles. The zero-order valence-electron chi connectivity index (χ0n) is 9.99. The second-order valence-electron chi connectivity index (χ2n) is 5.23. The molecular weight excluding hydrogens is 184 g/mol. The predicted molar refractivity (Wildman–Crippen MR) is 64.7 cm³/mol. The highest BCUT2D eigenvalue weighted by Crippen LogP contribution is 2.22. The Morgan fingerprint density at radius 2 is 1.80 bits per heavy atom. The van der Waals surface area contributed by atoms with Crippen molar-refractivity contribution < 1.29 is 4.48 Å². The first-order valence-corrected chi connectivity index (χ1v) is 5.31. The van der Waals surface area contributed by atoms with E-state index in [9.17, 15) is 0 Å². The van der Waals surface area contributed by atoms with Crippen LogP contribution >= 0.6 is 0 Å². The van der Waals surface area contributed by atoms with Gasteiger partial charge in [-0.15, -0.1) is 0 Å². The van der Waals surface area contributed by atoms with E-state index in [4.69, 9.17) is 0 Å². The molecule has 0 bridgehead atoms. The van der Waals surface area contributed by atoms with E-state index in [2.05, 4.69) is 63.2 Å². The van der Waals surface area contributed by atoms with E-state index in [0.717, 1.165) is 11.0 Å². The van der Waals surface area contributed by atoms with Crippen molar-refractivity contribution in [3.8, 4) is 0 Å². The Hall–Kier alpha value is -1.28. The second-order valence-corrected chi connectivity index (χ2v) is 5.23. The summed E-state index contributed by atoms with van der Waals surface area (Å²) in [5.41, 5.74) is 2.75. The molecular formula is C13H19N2+.